The Balaban J connectivity index is 2.24. The van der Waals surface area contributed by atoms with Gasteiger partial charge in [-0.05, 0) is 34.6 Å². The van der Waals surface area contributed by atoms with E-state index in [1.807, 2.05) is 40.8 Å². The highest BCUT2D eigenvalue weighted by Gasteiger charge is 2.52. The third-order valence-electron chi connectivity index (χ3n) is 3.75. The lowest BCUT2D eigenvalue weighted by atomic mass is 9.79. The Kier molecular flexibility index (Phi) is 3.29. The van der Waals surface area contributed by atoms with E-state index >= 15 is 0 Å². The summed E-state index contributed by atoms with van der Waals surface area (Å²) in [5.74, 6) is 0. The third kappa shape index (κ3) is 2.20. The van der Waals surface area contributed by atoms with Crippen LogP contribution in [-0.2, 0) is 20.8 Å². The van der Waals surface area contributed by atoms with Crippen molar-refractivity contribution < 1.29 is 14.0 Å². The highest BCUT2D eigenvalue weighted by molar-refractivity contribution is 6.62. The van der Waals surface area contributed by atoms with Crippen LogP contribution in [0.3, 0.4) is 0 Å². The summed E-state index contributed by atoms with van der Waals surface area (Å²) >= 11 is 0. The minimum Gasteiger partial charge on any atom is -0.399 e. The zero-order valence-electron chi connectivity index (χ0n) is 12.0. The second-order valence-electron chi connectivity index (χ2n) is 5.72. The first-order valence-corrected chi connectivity index (χ1v) is 6.15. The van der Waals surface area contributed by atoms with Crippen LogP contribution in [0.5, 0.6) is 0 Å². The standard InChI is InChI=1S/C12H21BN2O3/c1-9-10(7-15(14-9)8-16-6)13-17-11(2,3)12(4,5)18-13/h7H,8H2,1-6H3. The Hall–Kier alpha value is -0.845. The van der Waals surface area contributed by atoms with Gasteiger partial charge in [0, 0.05) is 18.8 Å². The van der Waals surface area contributed by atoms with Gasteiger partial charge >= 0.3 is 7.12 Å². The van der Waals surface area contributed by atoms with E-state index in [0.717, 1.165) is 11.2 Å². The van der Waals surface area contributed by atoms with Crippen molar-refractivity contribution in [3.63, 3.8) is 0 Å². The number of nitrogens with zero attached hydrogens (tertiary/aromatic N) is 2. The maximum atomic E-state index is 6.01. The molecule has 0 N–H and O–H groups in total. The van der Waals surface area contributed by atoms with E-state index in [-0.39, 0.29) is 18.3 Å². The van der Waals surface area contributed by atoms with Crippen LogP contribution in [0.15, 0.2) is 6.20 Å². The number of rotatable bonds is 3. The van der Waals surface area contributed by atoms with E-state index in [1.54, 1.807) is 11.8 Å². The largest absolute Gasteiger partial charge is 0.498 e. The monoisotopic (exact) mass is 252 g/mol. The van der Waals surface area contributed by atoms with Crippen molar-refractivity contribution in [2.24, 2.45) is 0 Å². The second kappa shape index (κ2) is 4.37. The molecular weight excluding hydrogens is 231 g/mol. The Bertz CT molecular complexity index is 427. The zero-order valence-corrected chi connectivity index (χ0v) is 12.0. The molecule has 2 rings (SSSR count). The molecule has 0 radical (unpaired) electrons. The molecule has 0 aromatic carbocycles. The van der Waals surface area contributed by atoms with Crippen molar-refractivity contribution in [1.29, 1.82) is 0 Å². The first-order chi connectivity index (χ1) is 8.27. The lowest BCUT2D eigenvalue weighted by molar-refractivity contribution is 0.00578. The molecule has 18 heavy (non-hydrogen) atoms. The minimum atomic E-state index is -0.361. The Morgan fingerprint density at radius 2 is 1.83 bits per heavy atom. The maximum Gasteiger partial charge on any atom is 0.498 e. The van der Waals surface area contributed by atoms with Crippen LogP contribution in [-0.4, -0.2) is 35.2 Å². The van der Waals surface area contributed by atoms with Crippen molar-refractivity contribution >= 4 is 12.6 Å². The number of aryl methyl sites for hydroxylation is 1. The van der Waals surface area contributed by atoms with E-state index in [0.29, 0.717) is 6.73 Å². The normalized spacial score (nSPS) is 21.6. The van der Waals surface area contributed by atoms with Crippen molar-refractivity contribution in [2.45, 2.75) is 52.6 Å². The van der Waals surface area contributed by atoms with Crippen molar-refractivity contribution in [3.8, 4) is 0 Å². The number of hydrogen-bond donors (Lipinski definition) is 0. The van der Waals surface area contributed by atoms with Gasteiger partial charge < -0.3 is 14.0 Å². The molecule has 1 aliphatic heterocycles. The zero-order chi connectivity index (χ0) is 13.6. The quantitative estimate of drug-likeness (QED) is 0.755. The molecule has 2 heterocycles. The molecule has 1 aromatic heterocycles. The molecule has 100 valence electrons. The van der Waals surface area contributed by atoms with Crippen molar-refractivity contribution in [1.82, 2.24) is 9.78 Å². The summed E-state index contributed by atoms with van der Waals surface area (Å²) in [6.07, 6.45) is 1.92. The van der Waals surface area contributed by atoms with Crippen LogP contribution >= 0.6 is 0 Å². The van der Waals surface area contributed by atoms with Crippen LogP contribution in [0.1, 0.15) is 33.4 Å². The van der Waals surface area contributed by atoms with Crippen LogP contribution in [0.2, 0.25) is 0 Å². The summed E-state index contributed by atoms with van der Waals surface area (Å²) in [5, 5.41) is 4.37. The highest BCUT2D eigenvalue weighted by atomic mass is 16.7. The van der Waals surface area contributed by atoms with Gasteiger partial charge in [0.1, 0.15) is 6.73 Å². The summed E-state index contributed by atoms with van der Waals surface area (Å²) < 4.78 is 18.8. The van der Waals surface area contributed by atoms with Gasteiger partial charge in [-0.25, -0.2) is 4.68 Å². The molecule has 1 saturated heterocycles. The molecule has 0 atom stereocenters. The van der Waals surface area contributed by atoms with E-state index in [2.05, 4.69) is 5.10 Å². The van der Waals surface area contributed by atoms with Crippen LogP contribution in [0, 0.1) is 6.92 Å². The van der Waals surface area contributed by atoms with Crippen LogP contribution in [0.25, 0.3) is 0 Å². The number of aromatic nitrogens is 2. The fourth-order valence-electron chi connectivity index (χ4n) is 1.93. The summed E-state index contributed by atoms with van der Waals surface area (Å²) in [7, 11) is 1.28. The molecular formula is C12H21BN2O3. The summed E-state index contributed by atoms with van der Waals surface area (Å²) in [5.41, 5.74) is 1.22. The molecule has 1 aromatic rings. The maximum absolute atomic E-state index is 6.01. The van der Waals surface area contributed by atoms with Crippen molar-refractivity contribution in [3.05, 3.63) is 11.9 Å². The average molecular weight is 252 g/mol. The van der Waals surface area contributed by atoms with Crippen LogP contribution < -0.4 is 5.46 Å². The van der Waals surface area contributed by atoms with Gasteiger partial charge in [-0.15, -0.1) is 0 Å². The SMILES string of the molecule is COCn1cc(B2OC(C)(C)C(C)(C)O2)c(C)n1. The predicted molar refractivity (Wildman–Crippen MR) is 69.7 cm³/mol. The average Bonchev–Trinajstić information content (AvgIpc) is 2.66. The molecule has 0 unspecified atom stereocenters. The second-order valence-corrected chi connectivity index (χ2v) is 5.72. The number of methoxy groups -OCH3 is 1. The van der Waals surface area contributed by atoms with E-state index < -0.39 is 0 Å². The molecule has 0 saturated carbocycles. The van der Waals surface area contributed by atoms with Gasteiger partial charge in [0.15, 0.2) is 0 Å². The Morgan fingerprint density at radius 1 is 1.28 bits per heavy atom. The summed E-state index contributed by atoms with van der Waals surface area (Å²) in [6.45, 7) is 10.6. The topological polar surface area (TPSA) is 45.5 Å². The van der Waals surface area contributed by atoms with Crippen molar-refractivity contribution in [2.75, 3.05) is 7.11 Å². The van der Waals surface area contributed by atoms with Gasteiger partial charge in [0.2, 0.25) is 0 Å². The fourth-order valence-corrected chi connectivity index (χ4v) is 1.93. The third-order valence-corrected chi connectivity index (χ3v) is 3.75. The van der Waals surface area contributed by atoms with Gasteiger partial charge in [0.25, 0.3) is 0 Å². The molecule has 0 aliphatic carbocycles. The van der Waals surface area contributed by atoms with Gasteiger partial charge in [0.05, 0.1) is 16.9 Å². The highest BCUT2D eigenvalue weighted by Crippen LogP contribution is 2.36. The molecule has 0 bridgehead atoms. The molecule has 0 amide bonds. The predicted octanol–water partition coefficient (Wildman–Crippen LogP) is 1.09. The van der Waals surface area contributed by atoms with Gasteiger partial charge in [-0.3, -0.25) is 0 Å². The lowest BCUT2D eigenvalue weighted by Crippen LogP contribution is -2.41. The van der Waals surface area contributed by atoms with Gasteiger partial charge in [-0.1, -0.05) is 0 Å². The molecule has 1 fully saturated rings. The number of ether oxygens (including phenoxy) is 1. The van der Waals surface area contributed by atoms with Gasteiger partial charge in [-0.2, -0.15) is 5.10 Å². The van der Waals surface area contributed by atoms with E-state index in [4.69, 9.17) is 14.0 Å². The first kappa shape index (κ1) is 13.6. The molecule has 5 nitrogen and oxygen atoms in total. The minimum absolute atomic E-state index is 0.326. The van der Waals surface area contributed by atoms with E-state index in [9.17, 15) is 0 Å². The first-order valence-electron chi connectivity index (χ1n) is 6.15. The number of hydrogen-bond acceptors (Lipinski definition) is 4. The van der Waals surface area contributed by atoms with E-state index in [1.165, 1.54) is 0 Å². The Morgan fingerprint density at radius 3 is 2.33 bits per heavy atom. The molecule has 6 heteroatoms. The van der Waals surface area contributed by atoms with Crippen LogP contribution in [0.4, 0.5) is 0 Å². The molecule has 0 spiro atoms. The summed E-state index contributed by atoms with van der Waals surface area (Å²) in [4.78, 5) is 0. The Labute approximate surface area is 109 Å². The fraction of sp³-hybridized carbons (Fsp3) is 0.750. The molecule has 1 aliphatic rings. The smallest absolute Gasteiger partial charge is 0.399 e. The lowest BCUT2D eigenvalue weighted by Gasteiger charge is -2.32. The summed E-state index contributed by atoms with van der Waals surface area (Å²) in [6, 6.07) is 0.